The van der Waals surface area contributed by atoms with Crippen LogP contribution in [-0.2, 0) is 0 Å². The topological polar surface area (TPSA) is 20.2 Å². The standard InChI is InChI=1S/C10H18O/c1-7(2)9-5-4-8(3)10(11)6-9/h4,7,9-11H,5-6H2,1-3H3/t9-,10+/m1/s1. The molecule has 1 aliphatic rings. The van der Waals surface area contributed by atoms with Gasteiger partial charge in [0.1, 0.15) is 0 Å². The predicted octanol–water partition coefficient (Wildman–Crippen LogP) is 2.36. The second-order valence-electron chi connectivity index (χ2n) is 3.94. The third-order valence-electron chi connectivity index (χ3n) is 2.74. The molecule has 0 aliphatic heterocycles. The van der Waals surface area contributed by atoms with Crippen molar-refractivity contribution < 1.29 is 5.11 Å². The zero-order chi connectivity index (χ0) is 8.43. The number of hydrogen-bond acceptors (Lipinski definition) is 1. The first-order valence-corrected chi connectivity index (χ1v) is 4.46. The maximum Gasteiger partial charge on any atom is 0.0750 e. The SMILES string of the molecule is CC1=CC[C@@H](C(C)C)C[C@@H]1O. The van der Waals surface area contributed by atoms with E-state index in [0.29, 0.717) is 11.8 Å². The van der Waals surface area contributed by atoms with Crippen LogP contribution in [0.4, 0.5) is 0 Å². The van der Waals surface area contributed by atoms with E-state index in [-0.39, 0.29) is 6.10 Å². The molecule has 0 heterocycles. The number of aliphatic hydroxyl groups is 1. The summed E-state index contributed by atoms with van der Waals surface area (Å²) in [6, 6.07) is 0. The zero-order valence-corrected chi connectivity index (χ0v) is 7.67. The lowest BCUT2D eigenvalue weighted by Crippen LogP contribution is -2.22. The molecule has 0 spiro atoms. The van der Waals surface area contributed by atoms with Gasteiger partial charge in [-0.05, 0) is 37.2 Å². The molecule has 1 nitrogen and oxygen atoms in total. The minimum absolute atomic E-state index is 0.170. The molecule has 11 heavy (non-hydrogen) atoms. The van der Waals surface area contributed by atoms with Gasteiger partial charge in [-0.1, -0.05) is 19.9 Å². The number of rotatable bonds is 1. The van der Waals surface area contributed by atoms with Gasteiger partial charge in [0.25, 0.3) is 0 Å². The van der Waals surface area contributed by atoms with Crippen molar-refractivity contribution in [3.63, 3.8) is 0 Å². The van der Waals surface area contributed by atoms with Crippen LogP contribution < -0.4 is 0 Å². The third kappa shape index (κ3) is 2.06. The van der Waals surface area contributed by atoms with E-state index in [0.717, 1.165) is 18.4 Å². The Morgan fingerprint density at radius 3 is 2.64 bits per heavy atom. The van der Waals surface area contributed by atoms with Crippen LogP contribution in [0.2, 0.25) is 0 Å². The van der Waals surface area contributed by atoms with Gasteiger partial charge in [-0.3, -0.25) is 0 Å². The van der Waals surface area contributed by atoms with E-state index in [1.807, 2.05) is 6.92 Å². The van der Waals surface area contributed by atoms with E-state index in [2.05, 4.69) is 19.9 Å². The second kappa shape index (κ2) is 3.40. The highest BCUT2D eigenvalue weighted by molar-refractivity contribution is 5.09. The molecule has 2 atom stereocenters. The van der Waals surface area contributed by atoms with E-state index >= 15 is 0 Å². The summed E-state index contributed by atoms with van der Waals surface area (Å²) in [7, 11) is 0. The Hall–Kier alpha value is -0.300. The Balaban J connectivity index is 2.55. The summed E-state index contributed by atoms with van der Waals surface area (Å²) in [6.45, 7) is 6.47. The van der Waals surface area contributed by atoms with Gasteiger partial charge >= 0.3 is 0 Å². The molecule has 1 aliphatic carbocycles. The molecule has 1 rings (SSSR count). The van der Waals surface area contributed by atoms with Gasteiger partial charge in [0.2, 0.25) is 0 Å². The fraction of sp³-hybridized carbons (Fsp3) is 0.800. The summed E-state index contributed by atoms with van der Waals surface area (Å²) < 4.78 is 0. The summed E-state index contributed by atoms with van der Waals surface area (Å²) >= 11 is 0. The van der Waals surface area contributed by atoms with E-state index in [1.165, 1.54) is 0 Å². The minimum Gasteiger partial charge on any atom is -0.389 e. The minimum atomic E-state index is -0.170. The Morgan fingerprint density at radius 2 is 2.18 bits per heavy atom. The van der Waals surface area contributed by atoms with Crippen molar-refractivity contribution in [2.75, 3.05) is 0 Å². The molecule has 0 bridgehead atoms. The Kier molecular flexibility index (Phi) is 2.72. The molecular formula is C10H18O. The smallest absolute Gasteiger partial charge is 0.0750 e. The molecule has 0 saturated carbocycles. The van der Waals surface area contributed by atoms with Gasteiger partial charge in [0, 0.05) is 0 Å². The molecule has 0 radical (unpaired) electrons. The van der Waals surface area contributed by atoms with E-state index in [1.54, 1.807) is 0 Å². The molecule has 0 saturated heterocycles. The van der Waals surface area contributed by atoms with E-state index in [9.17, 15) is 5.11 Å². The van der Waals surface area contributed by atoms with Crippen molar-refractivity contribution in [3.8, 4) is 0 Å². The molecule has 0 aromatic carbocycles. The lowest BCUT2D eigenvalue weighted by molar-refractivity contribution is 0.149. The van der Waals surface area contributed by atoms with Gasteiger partial charge in [-0.2, -0.15) is 0 Å². The van der Waals surface area contributed by atoms with Crippen LogP contribution in [0.3, 0.4) is 0 Å². The largest absolute Gasteiger partial charge is 0.389 e. The van der Waals surface area contributed by atoms with Gasteiger partial charge in [0.05, 0.1) is 6.10 Å². The fourth-order valence-electron chi connectivity index (χ4n) is 1.59. The molecule has 1 N–H and O–H groups in total. The van der Waals surface area contributed by atoms with Crippen LogP contribution in [0.25, 0.3) is 0 Å². The Labute approximate surface area is 69.1 Å². The van der Waals surface area contributed by atoms with Crippen LogP contribution in [0, 0.1) is 11.8 Å². The van der Waals surface area contributed by atoms with Crippen molar-refractivity contribution in [2.24, 2.45) is 11.8 Å². The zero-order valence-electron chi connectivity index (χ0n) is 7.67. The summed E-state index contributed by atoms with van der Waals surface area (Å²) in [6.07, 6.45) is 4.12. The molecule has 0 unspecified atom stereocenters. The fourth-order valence-corrected chi connectivity index (χ4v) is 1.59. The van der Waals surface area contributed by atoms with Crippen LogP contribution >= 0.6 is 0 Å². The summed E-state index contributed by atoms with van der Waals surface area (Å²) in [5.41, 5.74) is 1.15. The quantitative estimate of drug-likeness (QED) is 0.575. The molecule has 0 fully saturated rings. The first-order chi connectivity index (χ1) is 5.11. The monoisotopic (exact) mass is 154 g/mol. The Morgan fingerprint density at radius 1 is 1.55 bits per heavy atom. The summed E-state index contributed by atoms with van der Waals surface area (Å²) in [5.74, 6) is 1.39. The number of hydrogen-bond donors (Lipinski definition) is 1. The first-order valence-electron chi connectivity index (χ1n) is 4.46. The maximum atomic E-state index is 9.53. The third-order valence-corrected chi connectivity index (χ3v) is 2.74. The highest BCUT2D eigenvalue weighted by atomic mass is 16.3. The second-order valence-corrected chi connectivity index (χ2v) is 3.94. The van der Waals surface area contributed by atoms with E-state index < -0.39 is 0 Å². The van der Waals surface area contributed by atoms with Gasteiger partial charge in [0.15, 0.2) is 0 Å². The normalized spacial score (nSPS) is 32.3. The highest BCUT2D eigenvalue weighted by Gasteiger charge is 2.21. The average molecular weight is 154 g/mol. The molecule has 64 valence electrons. The van der Waals surface area contributed by atoms with Crippen LogP contribution in [-0.4, -0.2) is 11.2 Å². The van der Waals surface area contributed by atoms with Crippen molar-refractivity contribution in [2.45, 2.75) is 39.7 Å². The van der Waals surface area contributed by atoms with Crippen LogP contribution in [0.1, 0.15) is 33.6 Å². The predicted molar refractivity (Wildman–Crippen MR) is 47.3 cm³/mol. The number of aliphatic hydroxyl groups excluding tert-OH is 1. The van der Waals surface area contributed by atoms with Crippen molar-refractivity contribution in [1.29, 1.82) is 0 Å². The van der Waals surface area contributed by atoms with Crippen molar-refractivity contribution in [3.05, 3.63) is 11.6 Å². The molecule has 1 heteroatoms. The van der Waals surface area contributed by atoms with Crippen LogP contribution in [0.5, 0.6) is 0 Å². The lowest BCUT2D eigenvalue weighted by Gasteiger charge is -2.27. The highest BCUT2D eigenvalue weighted by Crippen LogP contribution is 2.28. The first kappa shape index (κ1) is 8.79. The van der Waals surface area contributed by atoms with Crippen LogP contribution in [0.15, 0.2) is 11.6 Å². The van der Waals surface area contributed by atoms with Gasteiger partial charge in [-0.15, -0.1) is 0 Å². The van der Waals surface area contributed by atoms with E-state index in [4.69, 9.17) is 0 Å². The summed E-state index contributed by atoms with van der Waals surface area (Å²) in [5, 5.41) is 9.53. The summed E-state index contributed by atoms with van der Waals surface area (Å²) in [4.78, 5) is 0. The van der Waals surface area contributed by atoms with Crippen molar-refractivity contribution in [1.82, 2.24) is 0 Å². The molecule has 0 aromatic heterocycles. The average Bonchev–Trinajstić information content (AvgIpc) is 1.94. The van der Waals surface area contributed by atoms with Crippen molar-refractivity contribution >= 4 is 0 Å². The van der Waals surface area contributed by atoms with Gasteiger partial charge < -0.3 is 5.11 Å². The Bertz CT molecular complexity index is 158. The molecular weight excluding hydrogens is 136 g/mol. The van der Waals surface area contributed by atoms with Gasteiger partial charge in [-0.25, -0.2) is 0 Å². The maximum absolute atomic E-state index is 9.53. The lowest BCUT2D eigenvalue weighted by atomic mass is 9.81. The number of allylic oxidation sites excluding steroid dienone is 1. The molecule has 0 amide bonds. The molecule has 0 aromatic rings.